The van der Waals surface area contributed by atoms with E-state index in [2.05, 4.69) is 16.9 Å². The average molecular weight is 218 g/mol. The highest BCUT2D eigenvalue weighted by Gasteiger charge is 2.18. The number of likely N-dealkylation sites (N-methyl/N-ethyl adjacent to an activating group) is 1. The number of nitrogens with zero attached hydrogens (tertiary/aromatic N) is 2. The van der Waals surface area contributed by atoms with Crippen LogP contribution in [-0.4, -0.2) is 36.0 Å². The zero-order valence-electron chi connectivity index (χ0n) is 10.1. The number of benzene rings is 1. The molecule has 0 radical (unpaired) electrons. The lowest BCUT2D eigenvalue weighted by atomic mass is 9.97. The topological polar surface area (TPSA) is 35.8 Å². The number of aliphatic imine (C=N–C) groups is 1. The van der Waals surface area contributed by atoms with Gasteiger partial charge in [0.2, 0.25) is 0 Å². The second-order valence-corrected chi connectivity index (χ2v) is 4.76. The number of hydrogen-bond acceptors (Lipinski definition) is 3. The minimum absolute atomic E-state index is 0.776. The average Bonchev–Trinajstić information content (AvgIpc) is 2.63. The maximum Gasteiger partial charge on any atom is 0.130 e. The van der Waals surface area contributed by atoms with Crippen molar-refractivity contribution in [2.45, 2.75) is 19.4 Å². The van der Waals surface area contributed by atoms with E-state index in [1.54, 1.807) is 13.8 Å². The highest BCUT2D eigenvalue weighted by atomic mass is 16.3. The smallest absolute Gasteiger partial charge is 0.130 e. The van der Waals surface area contributed by atoms with Crippen molar-refractivity contribution in [3.63, 3.8) is 0 Å². The molecule has 0 aromatic heterocycles. The van der Waals surface area contributed by atoms with E-state index in [4.69, 9.17) is 0 Å². The molecule has 86 valence electrons. The van der Waals surface area contributed by atoms with E-state index < -0.39 is 5.60 Å². The van der Waals surface area contributed by atoms with Gasteiger partial charge in [-0.15, -0.1) is 0 Å². The molecule has 1 aromatic carbocycles. The molecule has 1 aromatic rings. The van der Waals surface area contributed by atoms with Crippen molar-refractivity contribution in [3.8, 4) is 0 Å². The maximum absolute atomic E-state index is 9.86. The van der Waals surface area contributed by atoms with Gasteiger partial charge in [0.15, 0.2) is 0 Å². The van der Waals surface area contributed by atoms with Gasteiger partial charge in [0.1, 0.15) is 5.84 Å². The molecule has 0 fully saturated rings. The summed E-state index contributed by atoms with van der Waals surface area (Å²) in [7, 11) is 2.05. The first-order valence-corrected chi connectivity index (χ1v) is 5.57. The van der Waals surface area contributed by atoms with Gasteiger partial charge in [0, 0.05) is 19.2 Å². The summed E-state index contributed by atoms with van der Waals surface area (Å²) in [5.74, 6) is 1.04. The van der Waals surface area contributed by atoms with Gasteiger partial charge >= 0.3 is 0 Å². The second kappa shape index (κ2) is 3.91. The van der Waals surface area contributed by atoms with Gasteiger partial charge in [-0.05, 0) is 19.4 Å². The van der Waals surface area contributed by atoms with Crippen molar-refractivity contribution < 1.29 is 5.11 Å². The molecular weight excluding hydrogens is 200 g/mol. The van der Waals surface area contributed by atoms with Gasteiger partial charge in [-0.3, -0.25) is 4.99 Å². The fraction of sp³-hybridized carbons (Fsp3) is 0.462. The summed E-state index contributed by atoms with van der Waals surface area (Å²) in [5, 5.41) is 9.86. The molecule has 0 aliphatic carbocycles. The molecule has 2 rings (SSSR count). The van der Waals surface area contributed by atoms with Crippen molar-refractivity contribution in [1.82, 2.24) is 4.90 Å². The molecule has 0 unspecified atom stereocenters. The standard InChI is InChI=1S/C13H18N2O/c1-13(2,16)11-6-4-10(5-7-11)12-14-8-9-15(12)3/h4-7,16H,8-9H2,1-3H3. The molecule has 3 heteroatoms. The third-order valence-corrected chi connectivity index (χ3v) is 2.91. The monoisotopic (exact) mass is 218 g/mol. The van der Waals surface area contributed by atoms with E-state index >= 15 is 0 Å². The Kier molecular flexibility index (Phi) is 2.72. The number of aliphatic hydroxyl groups is 1. The van der Waals surface area contributed by atoms with Crippen molar-refractivity contribution in [2.75, 3.05) is 20.1 Å². The van der Waals surface area contributed by atoms with Crippen LogP contribution in [0.1, 0.15) is 25.0 Å². The predicted octanol–water partition coefficient (Wildman–Crippen LogP) is 1.61. The third kappa shape index (κ3) is 2.09. The predicted molar refractivity (Wildman–Crippen MR) is 65.7 cm³/mol. The first kappa shape index (κ1) is 11.1. The summed E-state index contributed by atoms with van der Waals surface area (Å²) in [6.45, 7) is 5.45. The number of rotatable bonds is 2. The van der Waals surface area contributed by atoms with Crippen LogP contribution < -0.4 is 0 Å². The summed E-state index contributed by atoms with van der Waals surface area (Å²) < 4.78 is 0. The molecule has 0 bridgehead atoms. The van der Waals surface area contributed by atoms with E-state index in [0.29, 0.717) is 0 Å². The Hall–Kier alpha value is -1.35. The molecule has 1 N–H and O–H groups in total. The van der Waals surface area contributed by atoms with Gasteiger partial charge in [-0.2, -0.15) is 0 Å². The van der Waals surface area contributed by atoms with Gasteiger partial charge in [-0.1, -0.05) is 24.3 Å². The number of hydrogen-bond donors (Lipinski definition) is 1. The molecule has 0 spiro atoms. The molecule has 0 saturated carbocycles. The van der Waals surface area contributed by atoms with Crippen LogP contribution in [0.3, 0.4) is 0 Å². The highest BCUT2D eigenvalue weighted by Crippen LogP contribution is 2.20. The van der Waals surface area contributed by atoms with Gasteiger partial charge in [-0.25, -0.2) is 0 Å². The highest BCUT2D eigenvalue weighted by molar-refractivity contribution is 5.99. The molecule has 0 amide bonds. The van der Waals surface area contributed by atoms with Crippen molar-refractivity contribution in [3.05, 3.63) is 35.4 Å². The van der Waals surface area contributed by atoms with Crippen molar-refractivity contribution in [2.24, 2.45) is 4.99 Å². The van der Waals surface area contributed by atoms with Crippen LogP contribution in [0, 0.1) is 0 Å². The Morgan fingerprint density at radius 3 is 2.31 bits per heavy atom. The molecule has 1 aliphatic rings. The van der Waals surface area contributed by atoms with E-state index in [9.17, 15) is 5.11 Å². The van der Waals surface area contributed by atoms with E-state index in [1.165, 1.54) is 0 Å². The first-order valence-electron chi connectivity index (χ1n) is 5.57. The van der Waals surface area contributed by atoms with Crippen LogP contribution in [0.2, 0.25) is 0 Å². The summed E-state index contributed by atoms with van der Waals surface area (Å²) in [6.07, 6.45) is 0. The molecule has 16 heavy (non-hydrogen) atoms. The molecule has 3 nitrogen and oxygen atoms in total. The van der Waals surface area contributed by atoms with Crippen LogP contribution in [0.15, 0.2) is 29.3 Å². The Labute approximate surface area is 96.4 Å². The normalized spacial score (nSPS) is 16.5. The molecule has 0 atom stereocenters. The Balaban J connectivity index is 2.26. The summed E-state index contributed by atoms with van der Waals surface area (Å²) >= 11 is 0. The van der Waals surface area contributed by atoms with Crippen molar-refractivity contribution in [1.29, 1.82) is 0 Å². The maximum atomic E-state index is 9.86. The number of amidine groups is 1. The minimum Gasteiger partial charge on any atom is -0.386 e. The molecule has 0 saturated heterocycles. The fourth-order valence-corrected chi connectivity index (χ4v) is 1.87. The van der Waals surface area contributed by atoms with E-state index in [1.807, 2.05) is 24.3 Å². The second-order valence-electron chi connectivity index (χ2n) is 4.76. The first-order chi connectivity index (χ1) is 7.48. The van der Waals surface area contributed by atoms with Gasteiger partial charge in [0.25, 0.3) is 0 Å². The lowest BCUT2D eigenvalue weighted by Crippen LogP contribution is -2.23. The van der Waals surface area contributed by atoms with Crippen LogP contribution in [0.4, 0.5) is 0 Å². The molecular formula is C13H18N2O. The zero-order chi connectivity index (χ0) is 11.8. The largest absolute Gasteiger partial charge is 0.386 e. The summed E-state index contributed by atoms with van der Waals surface area (Å²) in [6, 6.07) is 7.97. The Morgan fingerprint density at radius 2 is 1.88 bits per heavy atom. The van der Waals surface area contributed by atoms with E-state index in [-0.39, 0.29) is 0 Å². The summed E-state index contributed by atoms with van der Waals surface area (Å²) in [5.41, 5.74) is 1.27. The quantitative estimate of drug-likeness (QED) is 0.818. The third-order valence-electron chi connectivity index (χ3n) is 2.91. The fourth-order valence-electron chi connectivity index (χ4n) is 1.87. The van der Waals surface area contributed by atoms with Crippen LogP contribution in [-0.2, 0) is 5.60 Å². The minimum atomic E-state index is -0.776. The Bertz CT molecular complexity index is 401. The lowest BCUT2D eigenvalue weighted by molar-refractivity contribution is 0.0786. The van der Waals surface area contributed by atoms with Crippen LogP contribution in [0.25, 0.3) is 0 Å². The SMILES string of the molecule is CN1CCN=C1c1ccc(C(C)(C)O)cc1. The molecule has 1 heterocycles. The zero-order valence-corrected chi connectivity index (χ0v) is 10.1. The van der Waals surface area contributed by atoms with Crippen molar-refractivity contribution >= 4 is 5.84 Å². The molecule has 1 aliphatic heterocycles. The van der Waals surface area contributed by atoms with Crippen LogP contribution in [0.5, 0.6) is 0 Å². The van der Waals surface area contributed by atoms with Gasteiger partial charge < -0.3 is 10.0 Å². The Morgan fingerprint density at radius 1 is 1.25 bits per heavy atom. The van der Waals surface area contributed by atoms with Gasteiger partial charge in [0.05, 0.1) is 12.1 Å². The van der Waals surface area contributed by atoms with E-state index in [0.717, 1.165) is 30.1 Å². The summed E-state index contributed by atoms with van der Waals surface area (Å²) in [4.78, 5) is 6.61. The van der Waals surface area contributed by atoms with Crippen LogP contribution >= 0.6 is 0 Å². The lowest BCUT2D eigenvalue weighted by Gasteiger charge is -2.19.